The number of halogens is 3. The maximum absolute atomic E-state index is 12.2. The topological polar surface area (TPSA) is 76.7 Å². The molecule has 2 amide bonds. The summed E-state index contributed by atoms with van der Waals surface area (Å²) in [5.41, 5.74) is -0.558. The van der Waals surface area contributed by atoms with Crippen LogP contribution in [0.15, 0.2) is 0 Å². The largest absolute Gasteiger partial charge is 0.522 e. The Labute approximate surface area is 151 Å². The third-order valence-corrected chi connectivity index (χ3v) is 4.56. The Morgan fingerprint density at radius 2 is 1.50 bits per heavy atom. The molecule has 9 heteroatoms. The lowest BCUT2D eigenvalue weighted by Crippen LogP contribution is -2.51. The maximum atomic E-state index is 12.2. The van der Waals surface area contributed by atoms with Crippen molar-refractivity contribution in [3.8, 4) is 0 Å². The zero-order valence-corrected chi connectivity index (χ0v) is 15.3. The van der Waals surface area contributed by atoms with Crippen LogP contribution >= 0.6 is 0 Å². The molecule has 2 fully saturated rings. The molecule has 0 bridgehead atoms. The maximum Gasteiger partial charge on any atom is 0.522 e. The highest BCUT2D eigenvalue weighted by Crippen LogP contribution is 2.31. The van der Waals surface area contributed by atoms with E-state index in [1.807, 2.05) is 0 Å². The van der Waals surface area contributed by atoms with Crippen LogP contribution in [-0.2, 0) is 14.3 Å². The molecule has 2 saturated carbocycles. The molecule has 0 unspecified atom stereocenters. The summed E-state index contributed by atoms with van der Waals surface area (Å²) in [6.07, 6.45) is -3.00. The van der Waals surface area contributed by atoms with E-state index in [1.54, 1.807) is 20.8 Å². The Morgan fingerprint density at radius 1 is 0.923 bits per heavy atom. The number of ether oxygens (including phenoxy) is 2. The summed E-state index contributed by atoms with van der Waals surface area (Å²) >= 11 is 0. The summed E-state index contributed by atoms with van der Waals surface area (Å²) in [5.74, 6) is -0.301. The highest BCUT2D eigenvalue weighted by atomic mass is 19.4. The fourth-order valence-electron chi connectivity index (χ4n) is 3.26. The van der Waals surface area contributed by atoms with Gasteiger partial charge in [0.05, 0.1) is 6.10 Å². The number of hydrogen-bond donors (Lipinski definition) is 2. The van der Waals surface area contributed by atoms with Crippen molar-refractivity contribution in [3.05, 3.63) is 0 Å². The summed E-state index contributed by atoms with van der Waals surface area (Å²) in [6, 6.07) is -0.283. The molecule has 2 aliphatic rings. The monoisotopic (exact) mass is 380 g/mol. The number of carbonyl (C=O) groups excluding carboxylic acids is 2. The van der Waals surface area contributed by atoms with E-state index in [4.69, 9.17) is 4.74 Å². The molecular formula is C17H27F3N2O4. The van der Waals surface area contributed by atoms with Crippen LogP contribution in [0.25, 0.3) is 0 Å². The van der Waals surface area contributed by atoms with Gasteiger partial charge >= 0.3 is 12.5 Å². The van der Waals surface area contributed by atoms with Crippen molar-refractivity contribution in [2.45, 2.75) is 89.4 Å². The van der Waals surface area contributed by atoms with Gasteiger partial charge in [0.15, 0.2) is 0 Å². The summed E-state index contributed by atoms with van der Waals surface area (Å²) < 4.78 is 45.4. The van der Waals surface area contributed by atoms with E-state index in [9.17, 15) is 22.8 Å². The van der Waals surface area contributed by atoms with Gasteiger partial charge in [0.2, 0.25) is 5.91 Å². The average molecular weight is 380 g/mol. The number of carbonyl (C=O) groups is 2. The molecule has 26 heavy (non-hydrogen) atoms. The fraction of sp³-hybridized carbons (Fsp3) is 0.882. The van der Waals surface area contributed by atoms with Gasteiger partial charge in [0.1, 0.15) is 5.60 Å². The molecule has 2 aliphatic carbocycles. The average Bonchev–Trinajstić information content (AvgIpc) is 2.42. The summed E-state index contributed by atoms with van der Waals surface area (Å²) in [5, 5.41) is 5.60. The highest BCUT2D eigenvalue weighted by molar-refractivity contribution is 5.79. The van der Waals surface area contributed by atoms with Crippen molar-refractivity contribution < 1.29 is 32.2 Å². The smallest absolute Gasteiger partial charge is 0.444 e. The fourth-order valence-corrected chi connectivity index (χ4v) is 3.26. The zero-order valence-electron chi connectivity index (χ0n) is 15.3. The minimum atomic E-state index is -4.63. The second-order valence-electron chi connectivity index (χ2n) is 8.06. The van der Waals surface area contributed by atoms with E-state index < -0.39 is 24.2 Å². The van der Waals surface area contributed by atoms with Gasteiger partial charge in [-0.25, -0.2) is 4.79 Å². The van der Waals surface area contributed by atoms with Gasteiger partial charge in [-0.3, -0.25) is 9.53 Å². The number of alkyl halides is 3. The van der Waals surface area contributed by atoms with Crippen LogP contribution < -0.4 is 10.6 Å². The van der Waals surface area contributed by atoms with Gasteiger partial charge in [-0.15, -0.1) is 13.2 Å². The quantitative estimate of drug-likeness (QED) is 0.785. The molecule has 0 aromatic carbocycles. The SMILES string of the molecule is CC(C)(C)OC(=O)N[C@H]1CC[C@H](C(=O)N[C@H]2C[C@@H](OC(F)(F)F)C2)CC1. The summed E-state index contributed by atoms with van der Waals surface area (Å²) in [4.78, 5) is 24.0. The van der Waals surface area contributed by atoms with Crippen LogP contribution in [0.1, 0.15) is 59.3 Å². The van der Waals surface area contributed by atoms with Crippen molar-refractivity contribution in [1.29, 1.82) is 0 Å². The molecule has 2 N–H and O–H groups in total. The van der Waals surface area contributed by atoms with E-state index in [1.165, 1.54) is 0 Å². The van der Waals surface area contributed by atoms with Gasteiger partial charge in [0, 0.05) is 18.0 Å². The number of rotatable bonds is 4. The standard InChI is InChI=1S/C17H27F3N2O4/c1-16(2,3)26-15(24)22-11-6-4-10(5-7-11)14(23)21-12-8-13(9-12)25-17(18,19)20/h10-13H,4-9H2,1-3H3,(H,21,23)(H,22,24)/t10-,11-,12-,13+. The summed E-state index contributed by atoms with van der Waals surface area (Å²) in [6.45, 7) is 5.37. The lowest BCUT2D eigenvalue weighted by Gasteiger charge is -2.37. The first-order valence-electron chi connectivity index (χ1n) is 8.96. The first kappa shape index (κ1) is 20.8. The van der Waals surface area contributed by atoms with Crippen molar-refractivity contribution in [2.24, 2.45) is 5.92 Å². The van der Waals surface area contributed by atoms with Crippen molar-refractivity contribution >= 4 is 12.0 Å². The van der Waals surface area contributed by atoms with Crippen LogP contribution in [0.4, 0.5) is 18.0 Å². The normalized spacial score (nSPS) is 29.5. The molecule has 6 nitrogen and oxygen atoms in total. The third-order valence-electron chi connectivity index (χ3n) is 4.56. The van der Waals surface area contributed by atoms with Crippen LogP contribution in [0.2, 0.25) is 0 Å². The minimum Gasteiger partial charge on any atom is -0.444 e. The Morgan fingerprint density at radius 3 is 2.00 bits per heavy atom. The van der Waals surface area contributed by atoms with Gasteiger partial charge < -0.3 is 15.4 Å². The molecule has 0 aliphatic heterocycles. The summed E-state index contributed by atoms with van der Waals surface area (Å²) in [7, 11) is 0. The van der Waals surface area contributed by atoms with Crippen molar-refractivity contribution in [2.75, 3.05) is 0 Å². The van der Waals surface area contributed by atoms with Gasteiger partial charge in [-0.1, -0.05) is 0 Å². The molecule has 0 saturated heterocycles. The molecule has 0 spiro atoms. The molecule has 150 valence electrons. The second-order valence-corrected chi connectivity index (χ2v) is 8.06. The number of nitrogens with one attached hydrogen (secondary N) is 2. The van der Waals surface area contributed by atoms with Crippen LogP contribution in [0, 0.1) is 5.92 Å². The van der Waals surface area contributed by atoms with E-state index in [0.717, 1.165) is 0 Å². The second kappa shape index (κ2) is 8.02. The Balaban J connectivity index is 1.64. The van der Waals surface area contributed by atoms with Crippen LogP contribution in [-0.4, -0.2) is 42.2 Å². The molecule has 0 radical (unpaired) electrons. The van der Waals surface area contributed by atoms with Crippen molar-refractivity contribution in [3.63, 3.8) is 0 Å². The number of hydrogen-bond acceptors (Lipinski definition) is 4. The molecule has 0 aromatic rings. The predicted octanol–water partition coefficient (Wildman–Crippen LogP) is 3.25. The van der Waals surface area contributed by atoms with Gasteiger partial charge in [-0.2, -0.15) is 0 Å². The molecule has 0 atom stereocenters. The molecule has 0 aromatic heterocycles. The molecule has 0 heterocycles. The molecular weight excluding hydrogens is 353 g/mol. The first-order valence-corrected chi connectivity index (χ1v) is 8.96. The zero-order chi connectivity index (χ0) is 19.5. The Hall–Kier alpha value is -1.51. The number of alkyl carbamates (subject to hydrolysis) is 1. The highest BCUT2D eigenvalue weighted by Gasteiger charge is 2.41. The van der Waals surface area contributed by atoms with Crippen LogP contribution in [0.5, 0.6) is 0 Å². The Kier molecular flexibility index (Phi) is 6.42. The number of amides is 2. The Bertz CT molecular complexity index is 505. The lowest BCUT2D eigenvalue weighted by atomic mass is 9.84. The molecule has 2 rings (SSSR count). The van der Waals surface area contributed by atoms with E-state index in [0.29, 0.717) is 25.7 Å². The minimum absolute atomic E-state index is 0.0258. The van der Waals surface area contributed by atoms with Crippen LogP contribution in [0.3, 0.4) is 0 Å². The lowest BCUT2D eigenvalue weighted by molar-refractivity contribution is -0.351. The van der Waals surface area contributed by atoms with E-state index in [2.05, 4.69) is 15.4 Å². The third kappa shape index (κ3) is 7.01. The van der Waals surface area contributed by atoms with E-state index >= 15 is 0 Å². The van der Waals surface area contributed by atoms with Crippen molar-refractivity contribution in [1.82, 2.24) is 10.6 Å². The van der Waals surface area contributed by atoms with Gasteiger partial charge in [-0.05, 0) is 59.3 Å². The first-order chi connectivity index (χ1) is 11.9. The predicted molar refractivity (Wildman–Crippen MR) is 87.2 cm³/mol. The van der Waals surface area contributed by atoms with Gasteiger partial charge in [0.25, 0.3) is 0 Å². The van der Waals surface area contributed by atoms with E-state index in [-0.39, 0.29) is 36.8 Å².